The minimum absolute atomic E-state index is 0.140. The molecule has 2 aromatic carbocycles. The van der Waals surface area contributed by atoms with E-state index in [9.17, 15) is 9.59 Å². The highest BCUT2D eigenvalue weighted by atomic mass is 35.5. The van der Waals surface area contributed by atoms with Gasteiger partial charge in [0.05, 0.1) is 7.11 Å². The number of esters is 1. The number of benzene rings is 2. The van der Waals surface area contributed by atoms with Crippen molar-refractivity contribution < 1.29 is 19.1 Å². The van der Waals surface area contributed by atoms with Crippen LogP contribution in [0.1, 0.15) is 108 Å². The van der Waals surface area contributed by atoms with Crippen LogP contribution >= 0.6 is 11.6 Å². The zero-order valence-corrected chi connectivity index (χ0v) is 26.6. The third-order valence-electron chi connectivity index (χ3n) is 11.0. The maximum absolute atomic E-state index is 14.3. The Bertz CT molecular complexity index is 1300. The number of fused-ring (bicyclic) bond motifs is 3. The van der Waals surface area contributed by atoms with Crippen molar-refractivity contribution >= 4 is 23.4 Å². The minimum Gasteiger partial charge on any atom is -0.496 e. The minimum atomic E-state index is -1.68. The molecule has 0 bridgehead atoms. The normalized spacial score (nSPS) is 31.8. The summed E-state index contributed by atoms with van der Waals surface area (Å²) >= 11 is 7.34. The molecule has 2 saturated carbocycles. The van der Waals surface area contributed by atoms with E-state index in [0.717, 1.165) is 37.0 Å². The van der Waals surface area contributed by atoms with Gasteiger partial charge in [0.25, 0.3) is 0 Å². The SMILES string of the molecule is COc1c(C(C)C)ccc2c1CC[C@H]1C(Cl)(C(=O)O[C@@H]3C[C@H](C)CC[C@H]3C(C)(C)c3ccccc3)C(=O)CC[C@]21C. The fraction of sp³-hybridized carbons (Fsp3) is 0.611. The van der Waals surface area contributed by atoms with Crippen LogP contribution in [-0.4, -0.2) is 29.8 Å². The molecular formula is C36H47ClO4. The van der Waals surface area contributed by atoms with Crippen molar-refractivity contribution in [1.82, 2.24) is 0 Å². The van der Waals surface area contributed by atoms with Crippen molar-refractivity contribution in [1.29, 1.82) is 0 Å². The van der Waals surface area contributed by atoms with Crippen molar-refractivity contribution in [3.8, 4) is 5.75 Å². The maximum atomic E-state index is 14.3. The Labute approximate surface area is 251 Å². The highest BCUT2D eigenvalue weighted by Crippen LogP contribution is 2.57. The first kappa shape index (κ1) is 30.1. The summed E-state index contributed by atoms with van der Waals surface area (Å²) in [4.78, 5) is 26.3. The average molecular weight is 579 g/mol. The Balaban J connectivity index is 1.48. The number of halogens is 1. The molecule has 0 N–H and O–H groups in total. The van der Waals surface area contributed by atoms with Crippen LogP contribution in [0.5, 0.6) is 5.75 Å². The van der Waals surface area contributed by atoms with Crippen LogP contribution < -0.4 is 4.74 Å². The van der Waals surface area contributed by atoms with Gasteiger partial charge in [-0.3, -0.25) is 4.79 Å². The van der Waals surface area contributed by atoms with E-state index >= 15 is 0 Å². The van der Waals surface area contributed by atoms with E-state index in [2.05, 4.69) is 77.9 Å². The largest absolute Gasteiger partial charge is 0.496 e. The Kier molecular flexibility index (Phi) is 8.13. The van der Waals surface area contributed by atoms with E-state index in [1.54, 1.807) is 7.11 Å². The third-order valence-corrected chi connectivity index (χ3v) is 11.6. The number of rotatable bonds is 6. The first-order valence-corrected chi connectivity index (χ1v) is 15.9. The van der Waals surface area contributed by atoms with Crippen LogP contribution in [-0.2, 0) is 31.6 Å². The monoisotopic (exact) mass is 578 g/mol. The highest BCUT2D eigenvalue weighted by Gasteiger charge is 2.63. The van der Waals surface area contributed by atoms with Gasteiger partial charge >= 0.3 is 5.97 Å². The van der Waals surface area contributed by atoms with Crippen molar-refractivity contribution in [2.24, 2.45) is 17.8 Å². The summed E-state index contributed by atoms with van der Waals surface area (Å²) in [5.41, 5.74) is 4.18. The zero-order valence-electron chi connectivity index (χ0n) is 25.9. The molecule has 2 aromatic rings. The van der Waals surface area contributed by atoms with Crippen LogP contribution in [0.3, 0.4) is 0 Å². The second kappa shape index (κ2) is 11.1. The number of ketones is 1. The fourth-order valence-corrected chi connectivity index (χ4v) is 8.95. The summed E-state index contributed by atoms with van der Waals surface area (Å²) in [6.45, 7) is 13.3. The van der Waals surface area contributed by atoms with E-state index in [4.69, 9.17) is 21.1 Å². The van der Waals surface area contributed by atoms with Gasteiger partial charge in [0.1, 0.15) is 11.9 Å². The van der Waals surface area contributed by atoms with Crippen LogP contribution in [0.15, 0.2) is 42.5 Å². The van der Waals surface area contributed by atoms with Gasteiger partial charge in [-0.05, 0) is 77.0 Å². The molecule has 5 heteroatoms. The van der Waals surface area contributed by atoms with Gasteiger partial charge in [0, 0.05) is 18.3 Å². The Hall–Kier alpha value is -2.33. The van der Waals surface area contributed by atoms with E-state index < -0.39 is 16.3 Å². The molecule has 3 aliphatic carbocycles. The molecule has 0 saturated heterocycles. The summed E-state index contributed by atoms with van der Waals surface area (Å²) < 4.78 is 12.4. The van der Waals surface area contributed by atoms with Gasteiger partial charge in [-0.2, -0.15) is 0 Å². The average Bonchev–Trinajstić information content (AvgIpc) is 2.94. The summed E-state index contributed by atoms with van der Waals surface area (Å²) in [7, 11) is 1.74. The van der Waals surface area contributed by atoms with Crippen LogP contribution in [0.4, 0.5) is 0 Å². The molecule has 0 spiro atoms. The summed E-state index contributed by atoms with van der Waals surface area (Å²) in [6, 6.07) is 14.8. The topological polar surface area (TPSA) is 52.6 Å². The molecule has 222 valence electrons. The first-order chi connectivity index (χ1) is 19.4. The maximum Gasteiger partial charge on any atom is 0.335 e. The fourth-order valence-electron chi connectivity index (χ4n) is 8.46. The van der Waals surface area contributed by atoms with E-state index in [1.165, 1.54) is 16.7 Å². The predicted molar refractivity (Wildman–Crippen MR) is 165 cm³/mol. The smallest absolute Gasteiger partial charge is 0.335 e. The standard InChI is InChI=1S/C36H47ClO4/c1-22(2)25-14-17-27-26(32(25)40-7)15-18-30-35(27,6)20-19-31(38)36(30,37)33(39)41-29-21-23(3)13-16-28(29)34(4,5)24-11-9-8-10-12-24/h8-12,14,17,22-23,28-30H,13,15-16,18-21H2,1-7H3/t23-,28-,29-,30-,35-,36?/m1/s1. The second-order valence-electron chi connectivity index (χ2n) is 14.1. The molecule has 1 unspecified atom stereocenters. The summed E-state index contributed by atoms with van der Waals surface area (Å²) in [6.07, 6.45) is 4.85. The number of carbonyl (C=O) groups excluding carboxylic acids is 2. The molecule has 0 amide bonds. The van der Waals surface area contributed by atoms with Gasteiger partial charge in [-0.25, -0.2) is 4.79 Å². The number of hydrogen-bond donors (Lipinski definition) is 0. The van der Waals surface area contributed by atoms with Gasteiger partial charge < -0.3 is 9.47 Å². The van der Waals surface area contributed by atoms with Crippen molar-refractivity contribution in [2.45, 2.75) is 114 Å². The van der Waals surface area contributed by atoms with Crippen molar-refractivity contribution in [2.75, 3.05) is 7.11 Å². The van der Waals surface area contributed by atoms with E-state index in [1.807, 2.05) is 6.07 Å². The van der Waals surface area contributed by atoms with E-state index in [-0.39, 0.29) is 35.6 Å². The lowest BCUT2D eigenvalue weighted by Gasteiger charge is -2.52. The number of methoxy groups -OCH3 is 1. The molecule has 0 aromatic heterocycles. The lowest BCUT2D eigenvalue weighted by Crippen LogP contribution is -2.61. The molecule has 0 heterocycles. The van der Waals surface area contributed by atoms with Gasteiger partial charge in [-0.1, -0.05) is 102 Å². The van der Waals surface area contributed by atoms with Gasteiger partial charge in [-0.15, -0.1) is 0 Å². The molecule has 0 aliphatic heterocycles. The molecular weight excluding hydrogens is 532 g/mol. The molecule has 41 heavy (non-hydrogen) atoms. The number of hydrogen-bond acceptors (Lipinski definition) is 4. The molecule has 0 radical (unpaired) electrons. The Morgan fingerprint density at radius 1 is 1.05 bits per heavy atom. The summed E-state index contributed by atoms with van der Waals surface area (Å²) in [5, 5.41) is 0. The Morgan fingerprint density at radius 2 is 1.76 bits per heavy atom. The third kappa shape index (κ3) is 4.92. The molecule has 2 fully saturated rings. The second-order valence-corrected chi connectivity index (χ2v) is 14.7. The molecule has 5 rings (SSSR count). The van der Waals surface area contributed by atoms with Crippen molar-refractivity contribution in [3.63, 3.8) is 0 Å². The predicted octanol–water partition coefficient (Wildman–Crippen LogP) is 8.31. The van der Waals surface area contributed by atoms with Crippen LogP contribution in [0.2, 0.25) is 0 Å². The number of ether oxygens (including phenoxy) is 2. The lowest BCUT2D eigenvalue weighted by molar-refractivity contribution is -0.166. The van der Waals surface area contributed by atoms with Gasteiger partial charge in [0.2, 0.25) is 4.87 Å². The Morgan fingerprint density at radius 3 is 2.41 bits per heavy atom. The van der Waals surface area contributed by atoms with Crippen LogP contribution in [0, 0.1) is 17.8 Å². The summed E-state index contributed by atoms with van der Waals surface area (Å²) in [5.74, 6) is 0.792. The number of carbonyl (C=O) groups is 2. The quantitative estimate of drug-likeness (QED) is 0.196. The zero-order chi connectivity index (χ0) is 29.7. The molecule has 6 atom stereocenters. The van der Waals surface area contributed by atoms with Crippen molar-refractivity contribution in [3.05, 3.63) is 64.7 Å². The first-order valence-electron chi connectivity index (χ1n) is 15.5. The number of Topliss-reactive ketones (excluding diaryl/α,β-unsaturated/α-hetero) is 1. The van der Waals surface area contributed by atoms with Crippen LogP contribution in [0.25, 0.3) is 0 Å². The molecule has 3 aliphatic rings. The number of alkyl halides is 1. The lowest BCUT2D eigenvalue weighted by atomic mass is 9.54. The van der Waals surface area contributed by atoms with E-state index in [0.29, 0.717) is 24.7 Å². The van der Waals surface area contributed by atoms with Gasteiger partial charge in [0.15, 0.2) is 5.78 Å². The highest BCUT2D eigenvalue weighted by molar-refractivity contribution is 6.46. The molecule has 4 nitrogen and oxygen atoms in total.